The summed E-state index contributed by atoms with van der Waals surface area (Å²) in [6.07, 6.45) is 1.26. The molecule has 0 radical (unpaired) electrons. The second kappa shape index (κ2) is 5.33. The molecule has 0 unspecified atom stereocenters. The molecule has 1 heterocycles. The molecule has 0 atom stereocenters. The number of hydrogen-bond acceptors (Lipinski definition) is 3. The summed E-state index contributed by atoms with van der Waals surface area (Å²) in [6.45, 7) is 7.79. The number of benzene rings is 1. The van der Waals surface area contributed by atoms with E-state index in [2.05, 4.69) is 53.1 Å². The van der Waals surface area contributed by atoms with Crippen molar-refractivity contribution in [1.29, 1.82) is 0 Å². The molecule has 1 saturated heterocycles. The van der Waals surface area contributed by atoms with Crippen LogP contribution in [0.25, 0.3) is 0 Å². The average molecular weight is 330 g/mol. The van der Waals surface area contributed by atoms with Crippen LogP contribution in [0.4, 0.5) is 5.69 Å². The van der Waals surface area contributed by atoms with E-state index in [4.69, 9.17) is 4.74 Å². The van der Waals surface area contributed by atoms with Crippen LogP contribution in [-0.2, 0) is 5.41 Å². The Morgan fingerprint density at radius 2 is 2.06 bits per heavy atom. The highest BCUT2D eigenvalue weighted by atomic mass is 79.9. The van der Waals surface area contributed by atoms with Gasteiger partial charge in [-0.3, -0.25) is 0 Å². The third kappa shape index (κ3) is 2.80. The molecule has 100 valence electrons. The van der Waals surface area contributed by atoms with Gasteiger partial charge in [0.15, 0.2) is 0 Å². The molecule has 1 aromatic rings. The smallest absolute Gasteiger partial charge is 0.136 e. The molecular formula is C14H20BrNOS. The van der Waals surface area contributed by atoms with Crippen molar-refractivity contribution in [3.05, 3.63) is 22.2 Å². The van der Waals surface area contributed by atoms with E-state index in [-0.39, 0.29) is 5.41 Å². The predicted octanol–water partition coefficient (Wildman–Crippen LogP) is 4.61. The zero-order valence-electron chi connectivity index (χ0n) is 11.4. The van der Waals surface area contributed by atoms with Gasteiger partial charge in [0.1, 0.15) is 5.75 Å². The summed E-state index contributed by atoms with van der Waals surface area (Å²) in [6, 6.07) is 4.42. The lowest BCUT2D eigenvalue weighted by atomic mass is 9.86. The second-order valence-corrected chi connectivity index (χ2v) is 7.51. The van der Waals surface area contributed by atoms with Gasteiger partial charge in [-0.05, 0) is 51.8 Å². The average Bonchev–Trinajstić information content (AvgIpc) is 2.80. The highest BCUT2D eigenvalue weighted by Crippen LogP contribution is 2.42. The van der Waals surface area contributed by atoms with Crippen LogP contribution < -0.4 is 9.04 Å². The van der Waals surface area contributed by atoms with Gasteiger partial charge in [0.05, 0.1) is 11.6 Å². The van der Waals surface area contributed by atoms with Crippen molar-refractivity contribution in [2.45, 2.75) is 32.6 Å². The molecule has 0 saturated carbocycles. The van der Waals surface area contributed by atoms with Crippen LogP contribution in [-0.4, -0.2) is 19.4 Å². The number of hydrogen-bond donors (Lipinski definition) is 0. The standard InChI is InChI=1S/C14H20BrNOS/c1-14(2,3)11-8-10(16-6-5-7-18-16)9-12(15)13(11)17-4/h8-9H,5-7H2,1-4H3. The number of rotatable bonds is 2. The van der Waals surface area contributed by atoms with E-state index in [1.807, 2.05) is 11.9 Å². The van der Waals surface area contributed by atoms with E-state index in [0.29, 0.717) is 0 Å². The summed E-state index contributed by atoms with van der Waals surface area (Å²) in [4.78, 5) is 0. The third-order valence-electron chi connectivity index (χ3n) is 3.08. The van der Waals surface area contributed by atoms with Crippen LogP contribution in [0.2, 0.25) is 0 Å². The zero-order valence-corrected chi connectivity index (χ0v) is 13.8. The first-order chi connectivity index (χ1) is 8.43. The van der Waals surface area contributed by atoms with Crippen molar-refractivity contribution in [1.82, 2.24) is 0 Å². The van der Waals surface area contributed by atoms with Gasteiger partial charge >= 0.3 is 0 Å². The van der Waals surface area contributed by atoms with Crippen molar-refractivity contribution < 1.29 is 4.74 Å². The first kappa shape index (κ1) is 14.1. The largest absolute Gasteiger partial charge is 0.495 e. The Labute approximate surface area is 122 Å². The summed E-state index contributed by atoms with van der Waals surface area (Å²) in [5.74, 6) is 2.17. The molecule has 1 aromatic carbocycles. The fourth-order valence-corrected chi connectivity index (χ4v) is 3.74. The molecule has 2 rings (SSSR count). The quantitative estimate of drug-likeness (QED) is 0.735. The topological polar surface area (TPSA) is 12.5 Å². The number of methoxy groups -OCH3 is 1. The maximum atomic E-state index is 5.55. The molecule has 0 bridgehead atoms. The minimum atomic E-state index is 0.0776. The number of ether oxygens (including phenoxy) is 1. The van der Waals surface area contributed by atoms with Gasteiger partial charge < -0.3 is 9.04 Å². The lowest BCUT2D eigenvalue weighted by molar-refractivity contribution is 0.395. The van der Waals surface area contributed by atoms with Gasteiger partial charge in [0.2, 0.25) is 0 Å². The molecule has 0 aliphatic carbocycles. The molecule has 18 heavy (non-hydrogen) atoms. The molecule has 0 N–H and O–H groups in total. The monoisotopic (exact) mass is 329 g/mol. The summed E-state index contributed by atoms with van der Waals surface area (Å²) in [7, 11) is 1.74. The van der Waals surface area contributed by atoms with Gasteiger partial charge in [-0.2, -0.15) is 0 Å². The highest BCUT2D eigenvalue weighted by molar-refractivity contribution is 9.10. The van der Waals surface area contributed by atoms with E-state index in [9.17, 15) is 0 Å². The van der Waals surface area contributed by atoms with Gasteiger partial charge in [-0.15, -0.1) is 0 Å². The summed E-state index contributed by atoms with van der Waals surface area (Å²) < 4.78 is 8.96. The lowest BCUT2D eigenvalue weighted by Crippen LogP contribution is -2.16. The second-order valence-electron chi connectivity index (χ2n) is 5.55. The zero-order chi connectivity index (χ0) is 13.3. The van der Waals surface area contributed by atoms with E-state index in [1.165, 1.54) is 23.4 Å². The first-order valence-corrected chi connectivity index (χ1v) is 7.95. The molecule has 1 aliphatic heterocycles. The van der Waals surface area contributed by atoms with Gasteiger partial charge in [-0.1, -0.05) is 20.8 Å². The summed E-state index contributed by atoms with van der Waals surface area (Å²) in [5.41, 5.74) is 2.60. The van der Waals surface area contributed by atoms with E-state index < -0.39 is 0 Å². The SMILES string of the molecule is COc1c(Br)cc(N2CCCS2)cc1C(C)(C)C. The lowest BCUT2D eigenvalue weighted by Gasteiger charge is -2.26. The van der Waals surface area contributed by atoms with Crippen molar-refractivity contribution >= 4 is 33.6 Å². The minimum absolute atomic E-state index is 0.0776. The maximum absolute atomic E-state index is 5.55. The Morgan fingerprint density at radius 1 is 1.33 bits per heavy atom. The number of nitrogens with zero attached hydrogens (tertiary/aromatic N) is 1. The van der Waals surface area contributed by atoms with Gasteiger partial charge in [0, 0.05) is 23.5 Å². The van der Waals surface area contributed by atoms with Crippen LogP contribution in [0.15, 0.2) is 16.6 Å². The number of anilines is 1. The molecule has 4 heteroatoms. The van der Waals surface area contributed by atoms with Crippen molar-refractivity contribution in [2.75, 3.05) is 23.7 Å². The summed E-state index contributed by atoms with van der Waals surface area (Å²) in [5, 5.41) is 0. The molecule has 1 aliphatic rings. The molecule has 0 spiro atoms. The molecule has 1 fully saturated rings. The van der Waals surface area contributed by atoms with Gasteiger partial charge in [-0.25, -0.2) is 0 Å². The Kier molecular flexibility index (Phi) is 4.17. The van der Waals surface area contributed by atoms with Crippen molar-refractivity contribution in [3.8, 4) is 5.75 Å². The van der Waals surface area contributed by atoms with Crippen LogP contribution in [0.5, 0.6) is 5.75 Å². The summed E-state index contributed by atoms with van der Waals surface area (Å²) >= 11 is 5.55. The van der Waals surface area contributed by atoms with Crippen LogP contribution in [0.1, 0.15) is 32.8 Å². The Morgan fingerprint density at radius 3 is 2.56 bits per heavy atom. The van der Waals surface area contributed by atoms with Crippen LogP contribution in [0, 0.1) is 0 Å². The fraction of sp³-hybridized carbons (Fsp3) is 0.571. The highest BCUT2D eigenvalue weighted by Gasteiger charge is 2.24. The molecular weight excluding hydrogens is 310 g/mol. The fourth-order valence-electron chi connectivity index (χ4n) is 2.14. The molecule has 0 aromatic heterocycles. The minimum Gasteiger partial charge on any atom is -0.495 e. The van der Waals surface area contributed by atoms with Crippen molar-refractivity contribution in [2.24, 2.45) is 0 Å². The molecule has 2 nitrogen and oxygen atoms in total. The first-order valence-electron chi connectivity index (χ1n) is 6.22. The normalized spacial score (nSPS) is 16.2. The Bertz CT molecular complexity index is 436. The Balaban J connectivity index is 2.48. The van der Waals surface area contributed by atoms with E-state index >= 15 is 0 Å². The maximum Gasteiger partial charge on any atom is 0.136 e. The van der Waals surface area contributed by atoms with Crippen LogP contribution >= 0.6 is 27.9 Å². The van der Waals surface area contributed by atoms with Crippen molar-refractivity contribution in [3.63, 3.8) is 0 Å². The third-order valence-corrected chi connectivity index (χ3v) is 4.85. The van der Waals surface area contributed by atoms with Crippen LogP contribution in [0.3, 0.4) is 0 Å². The molecule has 0 amide bonds. The van der Waals surface area contributed by atoms with Gasteiger partial charge in [0.25, 0.3) is 0 Å². The van der Waals surface area contributed by atoms with E-state index in [1.54, 1.807) is 7.11 Å². The number of halogens is 1. The Hall–Kier alpha value is -0.350. The van der Waals surface area contributed by atoms with E-state index in [0.717, 1.165) is 16.8 Å². The predicted molar refractivity (Wildman–Crippen MR) is 83.8 cm³/mol.